The van der Waals surface area contributed by atoms with Crippen molar-refractivity contribution in [1.29, 1.82) is 0 Å². The first-order valence-corrected chi connectivity index (χ1v) is 10.9. The fourth-order valence-electron chi connectivity index (χ4n) is 4.05. The minimum atomic E-state index is 0.730. The first-order valence-electron chi connectivity index (χ1n) is 9.98. The molecule has 1 aliphatic heterocycles. The van der Waals surface area contributed by atoms with Crippen molar-refractivity contribution in [3.63, 3.8) is 0 Å². The van der Waals surface area contributed by atoms with Crippen LogP contribution in [0.4, 0.5) is 5.69 Å². The predicted octanol–water partition coefficient (Wildman–Crippen LogP) is 4.61. The van der Waals surface area contributed by atoms with Crippen molar-refractivity contribution >= 4 is 38.1 Å². The van der Waals surface area contributed by atoms with Crippen molar-refractivity contribution in [3.8, 4) is 17.1 Å². The number of thiophene rings is 1. The van der Waals surface area contributed by atoms with E-state index in [0.29, 0.717) is 0 Å². The molecule has 1 saturated heterocycles. The highest BCUT2D eigenvalue weighted by atomic mass is 32.1. The van der Waals surface area contributed by atoms with Crippen LogP contribution in [-0.2, 0) is 0 Å². The summed E-state index contributed by atoms with van der Waals surface area (Å²) in [7, 11) is 0. The van der Waals surface area contributed by atoms with Gasteiger partial charge in [0.2, 0.25) is 0 Å². The highest BCUT2D eigenvalue weighted by molar-refractivity contribution is 7.17. The molecule has 0 atom stereocenters. The van der Waals surface area contributed by atoms with Gasteiger partial charge < -0.3 is 20.4 Å². The summed E-state index contributed by atoms with van der Waals surface area (Å²) < 4.78 is 7.11. The Balaban J connectivity index is 1.30. The van der Waals surface area contributed by atoms with E-state index in [4.69, 9.17) is 10.5 Å². The third-order valence-electron chi connectivity index (χ3n) is 5.55. The van der Waals surface area contributed by atoms with Crippen LogP contribution in [0.2, 0.25) is 0 Å². The largest absolute Gasteiger partial charge is 0.493 e. The number of piperidine rings is 1. The lowest BCUT2D eigenvalue weighted by Crippen LogP contribution is -2.31. The summed E-state index contributed by atoms with van der Waals surface area (Å²) in [6, 6.07) is 8.10. The predicted molar refractivity (Wildman–Crippen MR) is 116 cm³/mol. The molecular weight excluding hydrogens is 370 g/mol. The normalized spacial score (nSPS) is 15.6. The number of fused-ring (bicyclic) bond motifs is 2. The minimum absolute atomic E-state index is 0.730. The number of nitrogens with zero attached hydrogens (tertiary/aromatic N) is 2. The lowest BCUT2D eigenvalue weighted by Gasteiger charge is -2.26. The standard InChI is InChI=1S/C21H25N5OS/c22-18-15-6-5-14(27-11-4-10-26-8-2-1-3-9-26)13-17(15)23-19(18)20-21-16(24-25-20)7-12-28-21/h5-7,12-13,23H,1-4,8-11,22H2,(H,24,25). The molecular formula is C21H25N5OS. The van der Waals surface area contributed by atoms with Gasteiger partial charge in [-0.3, -0.25) is 5.10 Å². The average Bonchev–Trinajstić information content (AvgIpc) is 3.41. The van der Waals surface area contributed by atoms with E-state index in [1.807, 2.05) is 24.3 Å². The monoisotopic (exact) mass is 395 g/mol. The SMILES string of the molecule is Nc1c(-c2n[nH]c3ccsc23)[nH]c2cc(OCCCN3CCCCC3)ccc12. The van der Waals surface area contributed by atoms with Gasteiger partial charge in [0.1, 0.15) is 11.4 Å². The maximum Gasteiger partial charge on any atom is 0.128 e. The van der Waals surface area contributed by atoms with E-state index >= 15 is 0 Å². The molecule has 0 amide bonds. The van der Waals surface area contributed by atoms with Crippen LogP contribution in [0, 0.1) is 0 Å². The van der Waals surface area contributed by atoms with Gasteiger partial charge in [0.15, 0.2) is 0 Å². The number of rotatable bonds is 6. The molecule has 1 aromatic carbocycles. The molecule has 5 rings (SSSR count). The van der Waals surface area contributed by atoms with Gasteiger partial charge in [-0.05, 0) is 55.9 Å². The summed E-state index contributed by atoms with van der Waals surface area (Å²) in [4.78, 5) is 5.99. The van der Waals surface area contributed by atoms with Gasteiger partial charge in [-0.2, -0.15) is 5.10 Å². The zero-order chi connectivity index (χ0) is 18.9. The molecule has 0 unspecified atom stereocenters. The number of nitrogens with one attached hydrogen (secondary N) is 2. The van der Waals surface area contributed by atoms with E-state index in [0.717, 1.165) is 63.5 Å². The Labute approximate surface area is 167 Å². The number of nitrogen functional groups attached to an aromatic ring is 1. The van der Waals surface area contributed by atoms with Crippen molar-refractivity contribution in [3.05, 3.63) is 29.6 Å². The third kappa shape index (κ3) is 3.25. The van der Waals surface area contributed by atoms with Crippen LogP contribution >= 0.6 is 11.3 Å². The second-order valence-corrected chi connectivity index (χ2v) is 8.38. The Morgan fingerprint density at radius 3 is 2.93 bits per heavy atom. The molecule has 0 radical (unpaired) electrons. The van der Waals surface area contributed by atoms with Crippen molar-refractivity contribution in [2.75, 3.05) is 32.0 Å². The number of hydrogen-bond donors (Lipinski definition) is 3. The van der Waals surface area contributed by atoms with Crippen LogP contribution in [-0.4, -0.2) is 46.3 Å². The lowest BCUT2D eigenvalue weighted by atomic mass is 10.1. The smallest absolute Gasteiger partial charge is 0.128 e. The number of likely N-dealkylation sites (tertiary alicyclic amines) is 1. The van der Waals surface area contributed by atoms with E-state index in [-0.39, 0.29) is 0 Å². The van der Waals surface area contributed by atoms with Gasteiger partial charge in [0.05, 0.1) is 33.7 Å². The molecule has 0 aliphatic carbocycles. The fraction of sp³-hybridized carbons (Fsp3) is 0.381. The molecule has 4 heterocycles. The van der Waals surface area contributed by atoms with Crippen LogP contribution in [0.1, 0.15) is 25.7 Å². The third-order valence-corrected chi connectivity index (χ3v) is 6.47. The molecule has 7 heteroatoms. The summed E-state index contributed by atoms with van der Waals surface area (Å²) in [6.45, 7) is 4.33. The zero-order valence-electron chi connectivity index (χ0n) is 15.8. The van der Waals surface area contributed by atoms with Crippen LogP contribution in [0.5, 0.6) is 5.75 Å². The van der Waals surface area contributed by atoms with Crippen LogP contribution < -0.4 is 10.5 Å². The molecule has 1 aliphatic rings. The number of hydrogen-bond acceptors (Lipinski definition) is 5. The van der Waals surface area contributed by atoms with E-state index < -0.39 is 0 Å². The van der Waals surface area contributed by atoms with Crippen molar-refractivity contribution in [1.82, 2.24) is 20.1 Å². The topological polar surface area (TPSA) is 83.0 Å². The van der Waals surface area contributed by atoms with Crippen molar-refractivity contribution < 1.29 is 4.74 Å². The summed E-state index contributed by atoms with van der Waals surface area (Å²) >= 11 is 1.66. The molecule has 0 spiro atoms. The van der Waals surface area contributed by atoms with Gasteiger partial charge in [-0.25, -0.2) is 0 Å². The Kier molecular flexibility index (Phi) is 4.70. The quantitative estimate of drug-likeness (QED) is 0.416. The fourth-order valence-corrected chi connectivity index (χ4v) is 4.89. The number of nitrogens with two attached hydrogens (primary N) is 1. The molecule has 146 valence electrons. The Hall–Kier alpha value is -2.51. The number of H-pyrrole nitrogens is 2. The van der Waals surface area contributed by atoms with E-state index in [2.05, 4.69) is 25.5 Å². The van der Waals surface area contributed by atoms with Gasteiger partial charge in [-0.1, -0.05) is 6.42 Å². The Morgan fingerprint density at radius 2 is 2.04 bits per heavy atom. The van der Waals surface area contributed by atoms with Crippen LogP contribution in [0.15, 0.2) is 29.6 Å². The first kappa shape index (κ1) is 17.6. The van der Waals surface area contributed by atoms with Gasteiger partial charge in [-0.15, -0.1) is 11.3 Å². The van der Waals surface area contributed by atoms with Crippen LogP contribution in [0.3, 0.4) is 0 Å². The van der Waals surface area contributed by atoms with Gasteiger partial charge in [0, 0.05) is 18.0 Å². The number of aromatic amines is 2. The van der Waals surface area contributed by atoms with E-state index in [1.54, 1.807) is 11.3 Å². The maximum absolute atomic E-state index is 6.42. The van der Waals surface area contributed by atoms with E-state index in [1.165, 1.54) is 32.4 Å². The molecule has 0 saturated carbocycles. The summed E-state index contributed by atoms with van der Waals surface area (Å²) in [6.07, 6.45) is 5.11. The molecule has 1 fully saturated rings. The number of aromatic nitrogens is 3. The van der Waals surface area contributed by atoms with Gasteiger partial charge >= 0.3 is 0 Å². The summed E-state index contributed by atoms with van der Waals surface area (Å²) in [5.41, 5.74) is 10.9. The van der Waals surface area contributed by atoms with Crippen molar-refractivity contribution in [2.45, 2.75) is 25.7 Å². The molecule has 6 nitrogen and oxygen atoms in total. The summed E-state index contributed by atoms with van der Waals surface area (Å²) in [5.74, 6) is 0.877. The molecule has 28 heavy (non-hydrogen) atoms. The number of ether oxygens (including phenoxy) is 1. The van der Waals surface area contributed by atoms with E-state index in [9.17, 15) is 0 Å². The maximum atomic E-state index is 6.42. The Morgan fingerprint density at radius 1 is 1.14 bits per heavy atom. The molecule has 4 aromatic rings. The minimum Gasteiger partial charge on any atom is -0.493 e. The molecule has 3 aromatic heterocycles. The van der Waals surface area contributed by atoms with Gasteiger partial charge in [0.25, 0.3) is 0 Å². The second kappa shape index (κ2) is 7.48. The first-order chi connectivity index (χ1) is 13.8. The summed E-state index contributed by atoms with van der Waals surface area (Å²) in [5, 5.41) is 10.6. The average molecular weight is 396 g/mol. The molecule has 0 bridgehead atoms. The van der Waals surface area contributed by atoms with Crippen molar-refractivity contribution in [2.24, 2.45) is 0 Å². The lowest BCUT2D eigenvalue weighted by molar-refractivity contribution is 0.205. The highest BCUT2D eigenvalue weighted by Crippen LogP contribution is 2.37. The Bertz CT molecular complexity index is 1090. The highest BCUT2D eigenvalue weighted by Gasteiger charge is 2.17. The van der Waals surface area contributed by atoms with Crippen LogP contribution in [0.25, 0.3) is 32.5 Å². The number of benzene rings is 1. The second-order valence-electron chi connectivity index (χ2n) is 7.46. The number of anilines is 1. The zero-order valence-corrected chi connectivity index (χ0v) is 16.6. The molecule has 4 N–H and O–H groups in total.